The van der Waals surface area contributed by atoms with Crippen molar-refractivity contribution >= 4 is 17.4 Å². The summed E-state index contributed by atoms with van der Waals surface area (Å²) >= 11 is 2.11. The van der Waals surface area contributed by atoms with Crippen molar-refractivity contribution < 1.29 is 0 Å². The molecule has 3 heteroatoms. The maximum absolute atomic E-state index is 3.48. The van der Waals surface area contributed by atoms with Gasteiger partial charge in [0.1, 0.15) is 0 Å². The first kappa shape index (κ1) is 13.8. The second-order valence-electron chi connectivity index (χ2n) is 5.00. The van der Waals surface area contributed by atoms with Crippen molar-refractivity contribution in [2.75, 3.05) is 30.7 Å². The van der Waals surface area contributed by atoms with E-state index < -0.39 is 0 Å². The molecule has 2 rings (SSSR count). The lowest BCUT2D eigenvalue weighted by atomic mass is 10.2. The number of hydrogen-bond acceptors (Lipinski definition) is 3. The summed E-state index contributed by atoms with van der Waals surface area (Å²) in [5.74, 6) is 1.29. The number of para-hydroxylation sites is 1. The maximum Gasteiger partial charge on any atom is 0.0340 e. The molecule has 1 fully saturated rings. The summed E-state index contributed by atoms with van der Waals surface area (Å²) < 4.78 is 0. The molecule has 1 heterocycles. The predicted molar refractivity (Wildman–Crippen MR) is 82.5 cm³/mol. The van der Waals surface area contributed by atoms with Crippen molar-refractivity contribution in [3.63, 3.8) is 0 Å². The van der Waals surface area contributed by atoms with E-state index in [1.165, 1.54) is 31.0 Å². The molecule has 1 aliphatic heterocycles. The number of hydrogen-bond donors (Lipinski definition) is 1. The van der Waals surface area contributed by atoms with Crippen molar-refractivity contribution in [2.24, 2.45) is 0 Å². The minimum Gasteiger partial charge on any atom is -0.385 e. The molecule has 2 atom stereocenters. The molecule has 1 saturated heterocycles. The first-order valence-corrected chi connectivity index (χ1v) is 7.97. The number of nitrogens with one attached hydrogen (secondary N) is 1. The Morgan fingerprint density at radius 3 is 2.83 bits per heavy atom. The average molecular weight is 264 g/mol. The fourth-order valence-corrected chi connectivity index (χ4v) is 3.54. The number of thioether (sulfide) groups is 1. The summed E-state index contributed by atoms with van der Waals surface area (Å²) in [6.07, 6.45) is 1.22. The molecule has 0 saturated carbocycles. The highest BCUT2D eigenvalue weighted by Gasteiger charge is 2.24. The van der Waals surface area contributed by atoms with E-state index in [2.05, 4.69) is 66.2 Å². The van der Waals surface area contributed by atoms with Gasteiger partial charge in [-0.15, -0.1) is 0 Å². The van der Waals surface area contributed by atoms with Crippen LogP contribution in [0, 0.1) is 0 Å². The van der Waals surface area contributed by atoms with Crippen molar-refractivity contribution in [1.29, 1.82) is 0 Å². The Bertz CT molecular complexity index is 342. The highest BCUT2D eigenvalue weighted by atomic mass is 32.2. The van der Waals surface area contributed by atoms with E-state index in [-0.39, 0.29) is 0 Å². The van der Waals surface area contributed by atoms with E-state index in [0.29, 0.717) is 0 Å². The van der Waals surface area contributed by atoms with Gasteiger partial charge in [-0.3, -0.25) is 4.90 Å². The molecule has 100 valence electrons. The Hall–Kier alpha value is -0.670. The monoisotopic (exact) mass is 264 g/mol. The quantitative estimate of drug-likeness (QED) is 0.821. The molecule has 1 aromatic carbocycles. The molecule has 0 aliphatic carbocycles. The largest absolute Gasteiger partial charge is 0.385 e. The minimum absolute atomic E-state index is 0.723. The Kier molecular flexibility index (Phi) is 5.39. The highest BCUT2D eigenvalue weighted by Crippen LogP contribution is 2.24. The number of rotatable bonds is 5. The van der Waals surface area contributed by atoms with Crippen LogP contribution in [0.1, 0.15) is 20.3 Å². The van der Waals surface area contributed by atoms with E-state index in [1.54, 1.807) is 0 Å². The van der Waals surface area contributed by atoms with Gasteiger partial charge < -0.3 is 5.32 Å². The van der Waals surface area contributed by atoms with Crippen molar-refractivity contribution in [1.82, 2.24) is 4.90 Å². The van der Waals surface area contributed by atoms with Gasteiger partial charge in [0.25, 0.3) is 0 Å². The third kappa shape index (κ3) is 3.92. The molecule has 2 unspecified atom stereocenters. The summed E-state index contributed by atoms with van der Waals surface area (Å²) in [4.78, 5) is 2.63. The Morgan fingerprint density at radius 1 is 1.28 bits per heavy atom. The van der Waals surface area contributed by atoms with Gasteiger partial charge >= 0.3 is 0 Å². The van der Waals surface area contributed by atoms with E-state index >= 15 is 0 Å². The number of anilines is 1. The zero-order valence-electron chi connectivity index (χ0n) is 11.4. The molecule has 1 N–H and O–H groups in total. The molecule has 0 radical (unpaired) electrons. The molecular formula is C15H24N2S. The summed E-state index contributed by atoms with van der Waals surface area (Å²) in [6, 6.07) is 11.2. The summed E-state index contributed by atoms with van der Waals surface area (Å²) in [7, 11) is 0. The van der Waals surface area contributed by atoms with Gasteiger partial charge in [-0.2, -0.15) is 11.8 Å². The lowest BCUT2D eigenvalue weighted by Gasteiger charge is -2.37. The highest BCUT2D eigenvalue weighted by molar-refractivity contribution is 8.00. The van der Waals surface area contributed by atoms with Crippen LogP contribution in [0.3, 0.4) is 0 Å². The molecule has 1 aromatic rings. The molecular weight excluding hydrogens is 240 g/mol. The first-order chi connectivity index (χ1) is 8.77. The van der Waals surface area contributed by atoms with Crippen molar-refractivity contribution in [3.8, 4) is 0 Å². The fraction of sp³-hybridized carbons (Fsp3) is 0.600. The van der Waals surface area contributed by atoms with Crippen LogP contribution in [0.4, 0.5) is 5.69 Å². The molecule has 0 amide bonds. The third-order valence-corrected chi connectivity index (χ3v) is 5.08. The lowest BCUT2D eigenvalue weighted by molar-refractivity contribution is 0.212. The standard InChI is InChI=1S/C15H24N2S/c1-13-14(2)18-12-11-17(13)10-6-9-16-15-7-4-3-5-8-15/h3-5,7-8,13-14,16H,6,9-12H2,1-2H3. The molecule has 2 nitrogen and oxygen atoms in total. The molecule has 0 spiro atoms. The van der Waals surface area contributed by atoms with Gasteiger partial charge in [0.05, 0.1) is 0 Å². The second kappa shape index (κ2) is 7.05. The Morgan fingerprint density at radius 2 is 2.06 bits per heavy atom. The predicted octanol–water partition coefficient (Wildman–Crippen LogP) is 3.31. The van der Waals surface area contributed by atoms with E-state index in [4.69, 9.17) is 0 Å². The average Bonchev–Trinajstić information content (AvgIpc) is 2.40. The van der Waals surface area contributed by atoms with Crippen LogP contribution in [-0.4, -0.2) is 41.6 Å². The zero-order chi connectivity index (χ0) is 12.8. The number of nitrogens with zero attached hydrogens (tertiary/aromatic N) is 1. The maximum atomic E-state index is 3.48. The second-order valence-corrected chi connectivity index (χ2v) is 6.48. The number of benzene rings is 1. The van der Waals surface area contributed by atoms with E-state index in [1.807, 2.05) is 0 Å². The molecule has 18 heavy (non-hydrogen) atoms. The minimum atomic E-state index is 0.723. The van der Waals surface area contributed by atoms with Crippen molar-refractivity contribution in [2.45, 2.75) is 31.6 Å². The Labute approximate surface area is 115 Å². The first-order valence-electron chi connectivity index (χ1n) is 6.92. The van der Waals surface area contributed by atoms with Gasteiger partial charge in [0.2, 0.25) is 0 Å². The van der Waals surface area contributed by atoms with E-state index in [9.17, 15) is 0 Å². The van der Waals surface area contributed by atoms with Crippen LogP contribution in [-0.2, 0) is 0 Å². The topological polar surface area (TPSA) is 15.3 Å². The summed E-state index contributed by atoms with van der Waals surface area (Å²) in [5.41, 5.74) is 1.23. The van der Waals surface area contributed by atoms with E-state index in [0.717, 1.165) is 17.8 Å². The Balaban J connectivity index is 1.66. The SMILES string of the molecule is CC1SCCN(CCCNc2ccccc2)C1C. The molecule has 1 aliphatic rings. The van der Waals surface area contributed by atoms with Crippen LogP contribution in [0.2, 0.25) is 0 Å². The molecule has 0 bridgehead atoms. The summed E-state index contributed by atoms with van der Waals surface area (Å²) in [5, 5.41) is 4.26. The molecule has 0 aromatic heterocycles. The van der Waals surface area contributed by atoms with Crippen LogP contribution < -0.4 is 5.32 Å². The summed E-state index contributed by atoms with van der Waals surface area (Å²) in [6.45, 7) is 8.24. The zero-order valence-corrected chi connectivity index (χ0v) is 12.2. The van der Waals surface area contributed by atoms with Gasteiger partial charge in [-0.25, -0.2) is 0 Å². The van der Waals surface area contributed by atoms with Crippen LogP contribution >= 0.6 is 11.8 Å². The van der Waals surface area contributed by atoms with Crippen LogP contribution in [0.5, 0.6) is 0 Å². The smallest absolute Gasteiger partial charge is 0.0340 e. The van der Waals surface area contributed by atoms with Gasteiger partial charge in [0.15, 0.2) is 0 Å². The van der Waals surface area contributed by atoms with Crippen LogP contribution in [0.25, 0.3) is 0 Å². The normalized spacial score (nSPS) is 25.0. The van der Waals surface area contributed by atoms with Crippen molar-refractivity contribution in [3.05, 3.63) is 30.3 Å². The fourth-order valence-electron chi connectivity index (χ4n) is 2.38. The van der Waals surface area contributed by atoms with Gasteiger partial charge in [-0.05, 0) is 25.5 Å². The van der Waals surface area contributed by atoms with Crippen LogP contribution in [0.15, 0.2) is 30.3 Å². The van der Waals surface area contributed by atoms with Gasteiger partial charge in [0, 0.05) is 42.4 Å². The van der Waals surface area contributed by atoms with Gasteiger partial charge in [-0.1, -0.05) is 25.1 Å². The lowest BCUT2D eigenvalue weighted by Crippen LogP contribution is -2.45. The third-order valence-electron chi connectivity index (χ3n) is 3.74.